The Kier molecular flexibility index (Phi) is 2.43. The predicted molar refractivity (Wildman–Crippen MR) is 46.3 cm³/mol. The van der Waals surface area contributed by atoms with Gasteiger partial charge in [0.05, 0.1) is 0 Å². The van der Waals surface area contributed by atoms with E-state index in [0.717, 1.165) is 10.0 Å². The SMILES string of the molecule is N=C=Cc1ccccc1Br. The Balaban J connectivity index is 3.14. The molecule has 1 aromatic carbocycles. The number of hydrogen-bond donors (Lipinski definition) is 1. The van der Waals surface area contributed by atoms with Crippen LogP contribution in [-0.4, -0.2) is 5.87 Å². The summed E-state index contributed by atoms with van der Waals surface area (Å²) in [5, 5.41) is 6.71. The van der Waals surface area contributed by atoms with Crippen molar-refractivity contribution in [2.75, 3.05) is 0 Å². The van der Waals surface area contributed by atoms with Crippen LogP contribution >= 0.6 is 15.9 Å². The Labute approximate surface area is 68.0 Å². The second-order valence-electron chi connectivity index (χ2n) is 1.81. The molecule has 10 heavy (non-hydrogen) atoms. The molecule has 0 unspecified atom stereocenters. The van der Waals surface area contributed by atoms with Gasteiger partial charge in [0.1, 0.15) is 0 Å². The highest BCUT2D eigenvalue weighted by Gasteiger charge is 1.90. The van der Waals surface area contributed by atoms with E-state index in [0.29, 0.717) is 0 Å². The van der Waals surface area contributed by atoms with Crippen molar-refractivity contribution in [3.8, 4) is 0 Å². The van der Waals surface area contributed by atoms with Gasteiger partial charge in [0.15, 0.2) is 0 Å². The third-order valence-corrected chi connectivity index (χ3v) is 1.86. The van der Waals surface area contributed by atoms with Crippen molar-refractivity contribution >= 4 is 27.9 Å². The zero-order valence-electron chi connectivity index (χ0n) is 5.26. The van der Waals surface area contributed by atoms with Gasteiger partial charge in [0, 0.05) is 10.5 Å². The summed E-state index contributed by atoms with van der Waals surface area (Å²) in [6, 6.07) is 7.72. The zero-order chi connectivity index (χ0) is 7.40. The van der Waals surface area contributed by atoms with Crippen LogP contribution in [0.3, 0.4) is 0 Å². The molecule has 0 aliphatic carbocycles. The Hall–Kier alpha value is -0.850. The largest absolute Gasteiger partial charge is 0.259 e. The molecule has 0 spiro atoms. The molecule has 1 rings (SSSR count). The summed E-state index contributed by atoms with van der Waals surface area (Å²) in [4.78, 5) is 0. The summed E-state index contributed by atoms with van der Waals surface area (Å²) in [5.41, 5.74) is 0.984. The molecule has 0 saturated carbocycles. The molecule has 0 radical (unpaired) electrons. The minimum atomic E-state index is 0.984. The van der Waals surface area contributed by atoms with E-state index in [9.17, 15) is 0 Å². The van der Waals surface area contributed by atoms with Crippen molar-refractivity contribution in [3.05, 3.63) is 34.3 Å². The summed E-state index contributed by atoms with van der Waals surface area (Å²) in [6.45, 7) is 0. The molecule has 0 aliphatic rings. The minimum absolute atomic E-state index is 0.984. The second kappa shape index (κ2) is 3.35. The van der Waals surface area contributed by atoms with Gasteiger partial charge in [-0.1, -0.05) is 34.1 Å². The molecule has 0 fully saturated rings. The van der Waals surface area contributed by atoms with Gasteiger partial charge in [0.2, 0.25) is 0 Å². The van der Waals surface area contributed by atoms with Gasteiger partial charge < -0.3 is 0 Å². The van der Waals surface area contributed by atoms with E-state index in [-0.39, 0.29) is 0 Å². The molecular weight excluding hydrogens is 190 g/mol. The third kappa shape index (κ3) is 1.56. The monoisotopic (exact) mass is 195 g/mol. The van der Waals surface area contributed by atoms with Gasteiger partial charge in [-0.15, -0.1) is 0 Å². The normalized spacial score (nSPS) is 8.50. The van der Waals surface area contributed by atoms with E-state index in [1.807, 2.05) is 24.3 Å². The van der Waals surface area contributed by atoms with Gasteiger partial charge in [-0.2, -0.15) is 0 Å². The van der Waals surface area contributed by atoms with Gasteiger partial charge in [-0.3, -0.25) is 5.41 Å². The van der Waals surface area contributed by atoms with Crippen molar-refractivity contribution in [3.63, 3.8) is 0 Å². The van der Waals surface area contributed by atoms with Crippen molar-refractivity contribution in [2.45, 2.75) is 0 Å². The van der Waals surface area contributed by atoms with Gasteiger partial charge in [-0.25, -0.2) is 0 Å². The molecular formula is C8H6BrN. The maximum absolute atomic E-state index is 6.71. The van der Waals surface area contributed by atoms with E-state index in [4.69, 9.17) is 5.41 Å². The summed E-state index contributed by atoms with van der Waals surface area (Å²) < 4.78 is 0.995. The van der Waals surface area contributed by atoms with E-state index in [2.05, 4.69) is 21.8 Å². The molecule has 0 aromatic heterocycles. The van der Waals surface area contributed by atoms with Crippen LogP contribution in [0.2, 0.25) is 0 Å². The van der Waals surface area contributed by atoms with Gasteiger partial charge >= 0.3 is 0 Å². The highest BCUT2D eigenvalue weighted by molar-refractivity contribution is 9.10. The van der Waals surface area contributed by atoms with Crippen LogP contribution in [0.1, 0.15) is 5.56 Å². The van der Waals surface area contributed by atoms with Crippen LogP contribution in [-0.2, 0) is 0 Å². The number of rotatable bonds is 1. The maximum Gasteiger partial charge on any atom is 0.0254 e. The van der Waals surface area contributed by atoms with Crippen LogP contribution < -0.4 is 0 Å². The molecule has 0 bridgehead atoms. The van der Waals surface area contributed by atoms with Crippen molar-refractivity contribution in [2.24, 2.45) is 0 Å². The van der Waals surface area contributed by atoms with Crippen molar-refractivity contribution in [1.82, 2.24) is 0 Å². The highest BCUT2D eigenvalue weighted by Crippen LogP contribution is 2.15. The fraction of sp³-hybridized carbons (Fsp3) is 0. The average molecular weight is 196 g/mol. The summed E-state index contributed by atoms with van der Waals surface area (Å²) in [7, 11) is 0. The Bertz CT molecular complexity index is 274. The van der Waals surface area contributed by atoms with Crippen LogP contribution in [0.5, 0.6) is 0 Å². The highest BCUT2D eigenvalue weighted by atomic mass is 79.9. The Morgan fingerprint density at radius 1 is 1.40 bits per heavy atom. The first kappa shape index (κ1) is 7.26. The van der Waals surface area contributed by atoms with E-state index < -0.39 is 0 Å². The average Bonchev–Trinajstić information content (AvgIpc) is 1.94. The molecule has 0 amide bonds. The number of nitrogens with one attached hydrogen (secondary N) is 1. The first-order chi connectivity index (χ1) is 4.84. The second-order valence-corrected chi connectivity index (χ2v) is 2.66. The van der Waals surface area contributed by atoms with Gasteiger partial charge in [0.25, 0.3) is 0 Å². The topological polar surface area (TPSA) is 23.9 Å². The third-order valence-electron chi connectivity index (χ3n) is 1.13. The van der Waals surface area contributed by atoms with Crippen molar-refractivity contribution < 1.29 is 0 Å². The molecule has 1 N–H and O–H groups in total. The van der Waals surface area contributed by atoms with Crippen LogP contribution in [0.15, 0.2) is 28.7 Å². The lowest BCUT2D eigenvalue weighted by Gasteiger charge is -1.92. The quantitative estimate of drug-likeness (QED) is 0.667. The van der Waals surface area contributed by atoms with E-state index >= 15 is 0 Å². The molecule has 1 aromatic rings. The first-order valence-corrected chi connectivity index (χ1v) is 3.64. The molecule has 1 nitrogen and oxygen atoms in total. The number of hydrogen-bond acceptors (Lipinski definition) is 1. The lowest BCUT2D eigenvalue weighted by Crippen LogP contribution is -1.72. The van der Waals surface area contributed by atoms with Crippen LogP contribution in [0.25, 0.3) is 6.08 Å². The Morgan fingerprint density at radius 2 is 2.10 bits per heavy atom. The smallest absolute Gasteiger partial charge is 0.0254 e. The standard InChI is InChI=1S/C8H6BrN/c9-8-4-2-1-3-7(8)5-6-10/h1-5,10H. The molecule has 50 valence electrons. The summed E-state index contributed by atoms with van der Waals surface area (Å²) in [6.07, 6.45) is 1.62. The maximum atomic E-state index is 6.71. The number of halogens is 1. The van der Waals surface area contributed by atoms with E-state index in [1.165, 1.54) is 0 Å². The van der Waals surface area contributed by atoms with Crippen LogP contribution in [0.4, 0.5) is 0 Å². The Morgan fingerprint density at radius 3 is 2.70 bits per heavy atom. The zero-order valence-corrected chi connectivity index (χ0v) is 6.85. The molecule has 0 saturated heterocycles. The minimum Gasteiger partial charge on any atom is -0.259 e. The number of benzene rings is 1. The molecule has 2 heteroatoms. The first-order valence-electron chi connectivity index (χ1n) is 2.84. The lowest BCUT2D eigenvalue weighted by atomic mass is 10.2. The summed E-state index contributed by atoms with van der Waals surface area (Å²) in [5.74, 6) is 2.22. The molecule has 0 aliphatic heterocycles. The van der Waals surface area contributed by atoms with E-state index in [1.54, 1.807) is 6.08 Å². The van der Waals surface area contributed by atoms with Crippen LogP contribution in [0, 0.1) is 5.41 Å². The fourth-order valence-electron chi connectivity index (χ4n) is 0.670. The molecule has 0 heterocycles. The van der Waals surface area contributed by atoms with Crippen molar-refractivity contribution in [1.29, 1.82) is 5.41 Å². The molecule has 0 atom stereocenters. The lowest BCUT2D eigenvalue weighted by molar-refractivity contribution is 1.58. The van der Waals surface area contributed by atoms with Gasteiger partial charge in [-0.05, 0) is 17.5 Å². The summed E-state index contributed by atoms with van der Waals surface area (Å²) >= 11 is 3.34. The fourth-order valence-corrected chi connectivity index (χ4v) is 1.07. The predicted octanol–water partition coefficient (Wildman–Crippen LogP) is 2.71.